The first-order chi connectivity index (χ1) is 8.86. The van der Waals surface area contributed by atoms with Gasteiger partial charge in [-0.25, -0.2) is 4.79 Å². The minimum atomic E-state index is -1.22. The average molecular weight is 264 g/mol. The van der Waals surface area contributed by atoms with Crippen molar-refractivity contribution in [1.29, 1.82) is 0 Å². The Bertz CT molecular complexity index is 498. The fourth-order valence-corrected chi connectivity index (χ4v) is 1.86. The monoisotopic (exact) mass is 264 g/mol. The van der Waals surface area contributed by atoms with Crippen LogP contribution >= 0.6 is 0 Å². The lowest BCUT2D eigenvalue weighted by molar-refractivity contribution is -0.143. The molecule has 0 bridgehead atoms. The van der Waals surface area contributed by atoms with Gasteiger partial charge in [0.05, 0.1) is 0 Å². The van der Waals surface area contributed by atoms with Gasteiger partial charge in [0, 0.05) is 6.54 Å². The van der Waals surface area contributed by atoms with Crippen molar-refractivity contribution in [3.05, 3.63) is 34.4 Å². The fourth-order valence-electron chi connectivity index (χ4n) is 1.86. The maximum absolute atomic E-state index is 11.7. The number of carbonyl (C=O) groups is 2. The maximum atomic E-state index is 11.7. The number of aryl methyl sites for hydroxylation is 3. The summed E-state index contributed by atoms with van der Waals surface area (Å²) in [6.45, 7) is 6.35. The molecule has 0 spiro atoms. The summed E-state index contributed by atoms with van der Waals surface area (Å²) in [6, 6.07) is 2.86. The highest BCUT2D eigenvalue weighted by molar-refractivity contribution is 6.01. The Morgan fingerprint density at radius 1 is 1.16 bits per heavy atom. The van der Waals surface area contributed by atoms with Crippen molar-refractivity contribution in [3.63, 3.8) is 0 Å². The topological polar surface area (TPSA) is 78.4 Å². The summed E-state index contributed by atoms with van der Waals surface area (Å²) in [5.41, 5.74) is 4.43. The molecule has 1 unspecified atom stereocenters. The van der Waals surface area contributed by atoms with Crippen LogP contribution in [-0.2, 0) is 16.1 Å². The van der Waals surface area contributed by atoms with Crippen molar-refractivity contribution in [2.75, 3.05) is 7.05 Å². The van der Waals surface area contributed by atoms with Gasteiger partial charge in [-0.2, -0.15) is 0 Å². The molecule has 0 saturated heterocycles. The molecule has 1 atom stereocenters. The summed E-state index contributed by atoms with van der Waals surface area (Å²) in [4.78, 5) is 22.5. The quantitative estimate of drug-likeness (QED) is 0.690. The van der Waals surface area contributed by atoms with Gasteiger partial charge in [-0.3, -0.25) is 10.1 Å². The smallest absolute Gasteiger partial charge is 0.330 e. The second-order valence-electron chi connectivity index (χ2n) is 4.64. The van der Waals surface area contributed by atoms with Gasteiger partial charge in [-0.1, -0.05) is 12.1 Å². The van der Waals surface area contributed by atoms with Crippen LogP contribution in [0.4, 0.5) is 0 Å². The summed E-state index contributed by atoms with van der Waals surface area (Å²) in [6.07, 6.45) is 0. The van der Waals surface area contributed by atoms with E-state index < -0.39 is 17.9 Å². The lowest BCUT2D eigenvalue weighted by Crippen LogP contribution is -2.47. The van der Waals surface area contributed by atoms with Crippen LogP contribution in [-0.4, -0.2) is 30.1 Å². The van der Waals surface area contributed by atoms with E-state index in [0.717, 1.165) is 16.7 Å². The van der Waals surface area contributed by atoms with Gasteiger partial charge in [0.15, 0.2) is 6.04 Å². The van der Waals surface area contributed by atoms with Gasteiger partial charge in [0.2, 0.25) is 5.91 Å². The molecule has 0 aliphatic carbocycles. The number of amides is 1. The van der Waals surface area contributed by atoms with Crippen molar-refractivity contribution < 1.29 is 14.7 Å². The van der Waals surface area contributed by atoms with Gasteiger partial charge in [-0.05, 0) is 50.1 Å². The van der Waals surface area contributed by atoms with Crippen LogP contribution in [0.15, 0.2) is 12.1 Å². The zero-order valence-corrected chi connectivity index (χ0v) is 11.7. The number of rotatable bonds is 5. The van der Waals surface area contributed by atoms with E-state index in [1.54, 1.807) is 0 Å². The molecule has 0 radical (unpaired) electrons. The molecule has 0 fully saturated rings. The van der Waals surface area contributed by atoms with Gasteiger partial charge in [0.1, 0.15) is 0 Å². The second kappa shape index (κ2) is 6.33. The first-order valence-corrected chi connectivity index (χ1v) is 6.11. The number of likely N-dealkylation sites (N-methyl/N-ethyl adjacent to an activating group) is 1. The Kier molecular flexibility index (Phi) is 5.06. The number of carboxylic acids is 1. The highest BCUT2D eigenvalue weighted by Crippen LogP contribution is 2.15. The molecule has 0 aliphatic heterocycles. The zero-order chi connectivity index (χ0) is 14.6. The molecular weight excluding hydrogens is 244 g/mol. The highest BCUT2D eigenvalue weighted by Gasteiger charge is 2.23. The van der Waals surface area contributed by atoms with Crippen molar-refractivity contribution in [3.8, 4) is 0 Å². The molecule has 0 aromatic heterocycles. The van der Waals surface area contributed by atoms with E-state index in [9.17, 15) is 9.59 Å². The van der Waals surface area contributed by atoms with Crippen LogP contribution < -0.4 is 10.6 Å². The van der Waals surface area contributed by atoms with E-state index in [0.29, 0.717) is 6.54 Å². The summed E-state index contributed by atoms with van der Waals surface area (Å²) < 4.78 is 0. The molecule has 0 aliphatic rings. The molecule has 1 aromatic carbocycles. The second-order valence-corrected chi connectivity index (χ2v) is 4.64. The molecule has 1 rings (SSSR count). The van der Waals surface area contributed by atoms with Crippen molar-refractivity contribution in [2.45, 2.75) is 33.4 Å². The van der Waals surface area contributed by atoms with E-state index in [4.69, 9.17) is 5.11 Å². The molecule has 5 heteroatoms. The molecule has 1 amide bonds. The largest absolute Gasteiger partial charge is 0.480 e. The van der Waals surface area contributed by atoms with E-state index in [1.165, 1.54) is 12.6 Å². The SMILES string of the molecule is CNC(C(=O)O)C(=O)NCc1cc(C)c(C)cc1C. The molecule has 1 aromatic rings. The lowest BCUT2D eigenvalue weighted by Gasteiger charge is -2.14. The van der Waals surface area contributed by atoms with Gasteiger partial charge >= 0.3 is 5.97 Å². The van der Waals surface area contributed by atoms with E-state index in [2.05, 4.69) is 16.7 Å². The predicted molar refractivity (Wildman–Crippen MR) is 73.0 cm³/mol. The maximum Gasteiger partial charge on any atom is 0.330 e. The van der Waals surface area contributed by atoms with E-state index in [1.807, 2.05) is 26.8 Å². The number of aliphatic carboxylic acids is 1. The first-order valence-electron chi connectivity index (χ1n) is 6.11. The lowest BCUT2D eigenvalue weighted by atomic mass is 10.0. The number of nitrogens with one attached hydrogen (secondary N) is 2. The molecule has 5 nitrogen and oxygen atoms in total. The van der Waals surface area contributed by atoms with Crippen LogP contribution in [0, 0.1) is 20.8 Å². The minimum Gasteiger partial charge on any atom is -0.480 e. The number of carbonyl (C=O) groups excluding carboxylic acids is 1. The summed E-state index contributed by atoms with van der Waals surface area (Å²) in [5.74, 6) is -1.72. The third kappa shape index (κ3) is 3.79. The Labute approximate surface area is 113 Å². The van der Waals surface area contributed by atoms with Crippen LogP contribution in [0.2, 0.25) is 0 Å². The summed E-state index contributed by atoms with van der Waals surface area (Å²) in [7, 11) is 1.44. The number of hydrogen-bond acceptors (Lipinski definition) is 3. The number of hydrogen-bond donors (Lipinski definition) is 3. The highest BCUT2D eigenvalue weighted by atomic mass is 16.4. The van der Waals surface area contributed by atoms with Crippen molar-refractivity contribution in [1.82, 2.24) is 10.6 Å². The van der Waals surface area contributed by atoms with Crippen molar-refractivity contribution >= 4 is 11.9 Å². The minimum absolute atomic E-state index is 0.331. The van der Waals surface area contributed by atoms with Gasteiger partial charge in [0.25, 0.3) is 0 Å². The Morgan fingerprint density at radius 2 is 1.74 bits per heavy atom. The summed E-state index contributed by atoms with van der Waals surface area (Å²) in [5, 5.41) is 14.0. The molecule has 19 heavy (non-hydrogen) atoms. The van der Waals surface area contributed by atoms with Crippen LogP contribution in [0.25, 0.3) is 0 Å². The van der Waals surface area contributed by atoms with Gasteiger partial charge in [-0.15, -0.1) is 0 Å². The molecule has 0 heterocycles. The van der Waals surface area contributed by atoms with Crippen LogP contribution in [0.5, 0.6) is 0 Å². The number of benzene rings is 1. The third-order valence-corrected chi connectivity index (χ3v) is 3.20. The fraction of sp³-hybridized carbons (Fsp3) is 0.429. The standard InChI is InChI=1S/C14H20N2O3/c1-8-5-10(3)11(6-9(8)2)7-16-13(17)12(15-4)14(18)19/h5-6,12,15H,7H2,1-4H3,(H,16,17)(H,18,19). The van der Waals surface area contributed by atoms with Crippen molar-refractivity contribution in [2.24, 2.45) is 0 Å². The predicted octanol–water partition coefficient (Wildman–Crippen LogP) is 0.901. The van der Waals surface area contributed by atoms with Gasteiger partial charge < -0.3 is 10.4 Å². The summed E-state index contributed by atoms with van der Waals surface area (Å²) >= 11 is 0. The Balaban J connectivity index is 2.74. The average Bonchev–Trinajstić information content (AvgIpc) is 2.32. The van der Waals surface area contributed by atoms with Crippen LogP contribution in [0.1, 0.15) is 22.3 Å². The molecule has 104 valence electrons. The third-order valence-electron chi connectivity index (χ3n) is 3.20. The first kappa shape index (κ1) is 15.2. The zero-order valence-electron chi connectivity index (χ0n) is 11.7. The normalized spacial score (nSPS) is 12.0. The Hall–Kier alpha value is -1.88. The van der Waals surface area contributed by atoms with E-state index >= 15 is 0 Å². The Morgan fingerprint density at radius 3 is 2.26 bits per heavy atom. The van der Waals surface area contributed by atoms with Crippen LogP contribution in [0.3, 0.4) is 0 Å². The molecule has 3 N–H and O–H groups in total. The number of carboxylic acid groups (broad SMARTS) is 1. The molecular formula is C14H20N2O3. The molecule has 0 saturated carbocycles. The van der Waals surface area contributed by atoms with E-state index in [-0.39, 0.29) is 0 Å².